The Balaban J connectivity index is 1.30. The Labute approximate surface area is 191 Å². The zero-order valence-electron chi connectivity index (χ0n) is 18.7. The molecule has 4 rings (SSSR count). The number of H-pyrrole nitrogens is 1. The first-order chi connectivity index (χ1) is 16.0. The first kappa shape index (κ1) is 22.9. The summed E-state index contributed by atoms with van der Waals surface area (Å²) in [5, 5.41) is 22.8. The third-order valence-corrected chi connectivity index (χ3v) is 6.12. The van der Waals surface area contributed by atoms with Crippen LogP contribution in [-0.2, 0) is 16.0 Å². The highest BCUT2D eigenvalue weighted by molar-refractivity contribution is 5.70. The molecule has 11 nitrogen and oxygen atoms in total. The van der Waals surface area contributed by atoms with Crippen molar-refractivity contribution in [3.63, 3.8) is 0 Å². The predicted octanol–water partition coefficient (Wildman–Crippen LogP) is 2.66. The quantitative estimate of drug-likeness (QED) is 0.488. The Bertz CT molecular complexity index is 976. The minimum atomic E-state index is -0.777. The van der Waals surface area contributed by atoms with Crippen LogP contribution in [0.5, 0.6) is 5.88 Å². The number of ether oxygens (including phenoxy) is 2. The lowest BCUT2D eigenvalue weighted by atomic mass is 9.87. The Morgan fingerprint density at radius 2 is 2.12 bits per heavy atom. The molecule has 2 aliphatic rings. The molecule has 2 atom stereocenters. The van der Waals surface area contributed by atoms with Crippen molar-refractivity contribution in [3.8, 4) is 17.3 Å². The van der Waals surface area contributed by atoms with E-state index in [0.29, 0.717) is 55.4 Å². The average molecular weight is 459 g/mol. The lowest BCUT2D eigenvalue weighted by Crippen LogP contribution is -2.30. The van der Waals surface area contributed by atoms with E-state index in [1.807, 2.05) is 0 Å². The van der Waals surface area contributed by atoms with Gasteiger partial charge in [0.1, 0.15) is 23.2 Å². The van der Waals surface area contributed by atoms with Crippen LogP contribution in [0, 0.1) is 18.8 Å². The summed E-state index contributed by atoms with van der Waals surface area (Å²) in [6, 6.07) is 0. The highest BCUT2D eigenvalue weighted by Crippen LogP contribution is 2.32. The first-order valence-corrected chi connectivity index (χ1v) is 11.5. The molecule has 0 aromatic carbocycles. The minimum Gasteiger partial charge on any atom is -0.481 e. The fourth-order valence-corrected chi connectivity index (χ4v) is 4.03. The smallest absolute Gasteiger partial charge is 0.407 e. The van der Waals surface area contributed by atoms with Gasteiger partial charge in [-0.05, 0) is 44.9 Å². The number of nitrogens with one attached hydrogen (secondary N) is 2. The van der Waals surface area contributed by atoms with Crippen LogP contribution in [0.15, 0.2) is 6.20 Å². The van der Waals surface area contributed by atoms with Gasteiger partial charge in [0.05, 0.1) is 24.4 Å². The summed E-state index contributed by atoms with van der Waals surface area (Å²) in [7, 11) is 0. The van der Waals surface area contributed by atoms with E-state index in [0.717, 1.165) is 30.9 Å². The van der Waals surface area contributed by atoms with Gasteiger partial charge in [0, 0.05) is 13.0 Å². The number of carboxylic acids is 1. The largest absolute Gasteiger partial charge is 0.481 e. The highest BCUT2D eigenvalue weighted by atomic mass is 16.5. The molecule has 2 aromatic heterocycles. The number of nitrogens with zero attached hydrogens (tertiary/aromatic N) is 4. The molecule has 0 aliphatic heterocycles. The van der Waals surface area contributed by atoms with Crippen molar-refractivity contribution in [1.82, 2.24) is 30.7 Å². The molecule has 0 unspecified atom stereocenters. The number of hydrogen-bond acceptors (Lipinski definition) is 8. The summed E-state index contributed by atoms with van der Waals surface area (Å²) in [5.41, 5.74) is 2.43. The maximum absolute atomic E-state index is 11.8. The van der Waals surface area contributed by atoms with Crippen LogP contribution in [0.25, 0.3) is 11.4 Å². The van der Waals surface area contributed by atoms with Gasteiger partial charge in [-0.15, -0.1) is 5.10 Å². The van der Waals surface area contributed by atoms with Gasteiger partial charge in [-0.3, -0.25) is 9.89 Å². The number of amides is 1. The molecule has 11 heteroatoms. The molecule has 0 radical (unpaired) electrons. The third kappa shape index (κ3) is 6.39. The van der Waals surface area contributed by atoms with E-state index in [1.165, 1.54) is 12.8 Å². The molecule has 2 fully saturated rings. The number of rotatable bonds is 10. The third-order valence-electron chi connectivity index (χ3n) is 6.12. The Hall–Kier alpha value is -3.24. The molecule has 2 aromatic rings. The molecule has 2 aliphatic carbocycles. The number of hydrogen-bond donors (Lipinski definition) is 3. The summed E-state index contributed by atoms with van der Waals surface area (Å²) < 4.78 is 11.1. The van der Waals surface area contributed by atoms with Crippen LogP contribution in [0.4, 0.5) is 4.79 Å². The van der Waals surface area contributed by atoms with E-state index in [2.05, 4.69) is 30.7 Å². The van der Waals surface area contributed by atoms with Crippen LogP contribution in [0.2, 0.25) is 0 Å². The molecular weight excluding hydrogens is 428 g/mol. The molecule has 0 saturated heterocycles. The summed E-state index contributed by atoms with van der Waals surface area (Å²) in [6.07, 6.45) is 7.63. The van der Waals surface area contributed by atoms with Gasteiger partial charge >= 0.3 is 12.1 Å². The number of carbonyl (C=O) groups excluding carboxylic acids is 1. The van der Waals surface area contributed by atoms with Crippen LogP contribution in [0.3, 0.4) is 0 Å². The molecule has 2 saturated carbocycles. The van der Waals surface area contributed by atoms with Crippen molar-refractivity contribution in [2.75, 3.05) is 13.2 Å². The summed E-state index contributed by atoms with van der Waals surface area (Å²) in [4.78, 5) is 32.0. The molecule has 1 amide bonds. The van der Waals surface area contributed by atoms with Crippen molar-refractivity contribution in [3.05, 3.63) is 17.6 Å². The second-order valence-electron chi connectivity index (χ2n) is 8.77. The van der Waals surface area contributed by atoms with Crippen molar-refractivity contribution in [1.29, 1.82) is 0 Å². The Kier molecular flexibility index (Phi) is 7.36. The fraction of sp³-hybridized carbons (Fsp3) is 0.636. The van der Waals surface area contributed by atoms with Gasteiger partial charge in [-0.25, -0.2) is 14.8 Å². The maximum atomic E-state index is 11.8. The Morgan fingerprint density at radius 1 is 1.27 bits per heavy atom. The lowest BCUT2D eigenvalue weighted by Gasteiger charge is -2.27. The van der Waals surface area contributed by atoms with Crippen molar-refractivity contribution >= 4 is 12.1 Å². The number of aromatic nitrogens is 5. The van der Waals surface area contributed by atoms with E-state index in [4.69, 9.17) is 9.47 Å². The zero-order valence-corrected chi connectivity index (χ0v) is 18.7. The summed E-state index contributed by atoms with van der Waals surface area (Å²) in [5.74, 6) is -0.0309. The number of carboxylic acid groups (broad SMARTS) is 1. The van der Waals surface area contributed by atoms with Crippen LogP contribution in [0.1, 0.15) is 56.3 Å². The fourth-order valence-electron chi connectivity index (χ4n) is 4.03. The second-order valence-corrected chi connectivity index (χ2v) is 8.77. The van der Waals surface area contributed by atoms with Crippen LogP contribution in [-0.4, -0.2) is 61.8 Å². The molecular formula is C22H30N6O5. The lowest BCUT2D eigenvalue weighted by molar-refractivity contribution is -0.143. The van der Waals surface area contributed by atoms with Crippen LogP contribution < -0.4 is 10.1 Å². The van der Waals surface area contributed by atoms with Gasteiger partial charge in [0.25, 0.3) is 0 Å². The van der Waals surface area contributed by atoms with E-state index >= 15 is 0 Å². The van der Waals surface area contributed by atoms with Gasteiger partial charge in [0.15, 0.2) is 0 Å². The maximum Gasteiger partial charge on any atom is 0.407 e. The zero-order chi connectivity index (χ0) is 23.2. The topological polar surface area (TPSA) is 152 Å². The van der Waals surface area contributed by atoms with Crippen molar-refractivity contribution < 1.29 is 24.2 Å². The predicted molar refractivity (Wildman–Crippen MR) is 117 cm³/mol. The highest BCUT2D eigenvalue weighted by Gasteiger charge is 2.29. The molecule has 0 spiro atoms. The molecule has 3 N–H and O–H groups in total. The minimum absolute atomic E-state index is 0.184. The molecule has 0 bridgehead atoms. The van der Waals surface area contributed by atoms with Gasteiger partial charge in [-0.2, -0.15) is 0 Å². The van der Waals surface area contributed by atoms with Crippen molar-refractivity contribution in [2.45, 2.75) is 64.4 Å². The SMILES string of the molecule is Cc1nc(-c2nn[nH]c2CCNC(=O)OCCC2CC2)cnc1O[C@H]1CCC[C@H](C(=O)O)C1. The number of aromatic amines is 1. The Morgan fingerprint density at radius 3 is 2.88 bits per heavy atom. The van der Waals surface area contributed by atoms with Crippen LogP contribution >= 0.6 is 0 Å². The van der Waals surface area contributed by atoms with E-state index in [-0.39, 0.29) is 12.0 Å². The molecule has 33 heavy (non-hydrogen) atoms. The number of alkyl carbamates (subject to hydrolysis) is 1. The van der Waals surface area contributed by atoms with Gasteiger partial charge < -0.3 is 19.9 Å². The average Bonchev–Trinajstić information content (AvgIpc) is 3.50. The normalized spacial score (nSPS) is 20.3. The van der Waals surface area contributed by atoms with E-state index in [1.54, 1.807) is 13.1 Å². The number of carbonyl (C=O) groups is 2. The van der Waals surface area contributed by atoms with Crippen molar-refractivity contribution in [2.24, 2.45) is 11.8 Å². The monoisotopic (exact) mass is 458 g/mol. The van der Waals surface area contributed by atoms with E-state index < -0.39 is 12.1 Å². The summed E-state index contributed by atoms with van der Waals surface area (Å²) >= 11 is 0. The summed E-state index contributed by atoms with van der Waals surface area (Å²) in [6.45, 7) is 2.62. The van der Waals surface area contributed by atoms with Gasteiger partial charge in [0.2, 0.25) is 5.88 Å². The molecule has 178 valence electrons. The second kappa shape index (κ2) is 10.6. The number of aliphatic carboxylic acids is 1. The first-order valence-electron chi connectivity index (χ1n) is 11.5. The molecule has 2 heterocycles. The van der Waals surface area contributed by atoms with E-state index in [9.17, 15) is 14.7 Å². The standard InChI is InChI=1S/C22H30N6O5/c1-13-20(33-16-4-2-3-15(11-16)21(29)30)24-12-18(25-13)19-17(26-28-27-19)7-9-23-22(31)32-10-8-14-5-6-14/h12,14-16H,2-11H2,1H3,(H,23,31)(H,29,30)(H,26,27,28)/t15-,16-/m0/s1. The number of aryl methyl sites for hydroxylation is 1. The van der Waals surface area contributed by atoms with Gasteiger partial charge in [-0.1, -0.05) is 18.1 Å².